The first-order chi connectivity index (χ1) is 7.58. The molecule has 0 amide bonds. The molecule has 1 aliphatic rings. The molecule has 1 aromatic rings. The van der Waals surface area contributed by atoms with E-state index in [0.717, 1.165) is 29.7 Å². The van der Waals surface area contributed by atoms with Crippen molar-refractivity contribution < 1.29 is 9.84 Å². The van der Waals surface area contributed by atoms with Crippen LogP contribution in [0.4, 0.5) is 0 Å². The molecule has 0 aromatic heterocycles. The zero-order chi connectivity index (χ0) is 11.7. The highest BCUT2D eigenvalue weighted by molar-refractivity contribution is 9.10. The highest BCUT2D eigenvalue weighted by Gasteiger charge is 2.20. The van der Waals surface area contributed by atoms with Gasteiger partial charge in [0.1, 0.15) is 5.75 Å². The predicted octanol–water partition coefficient (Wildman–Crippen LogP) is 2.94. The second kappa shape index (κ2) is 4.76. The first-order valence-corrected chi connectivity index (χ1v) is 6.49. The van der Waals surface area contributed by atoms with E-state index in [-0.39, 0.29) is 12.0 Å². The van der Waals surface area contributed by atoms with Crippen molar-refractivity contribution >= 4 is 15.9 Å². The number of fused-ring (bicyclic) bond motifs is 1. The Balaban J connectivity index is 2.27. The maximum absolute atomic E-state index is 9.55. The van der Waals surface area contributed by atoms with Crippen LogP contribution in [0.25, 0.3) is 0 Å². The molecule has 0 fully saturated rings. The largest absolute Gasteiger partial charge is 0.493 e. The van der Waals surface area contributed by atoms with Gasteiger partial charge in [0.05, 0.1) is 12.7 Å². The van der Waals surface area contributed by atoms with Crippen LogP contribution in [0.1, 0.15) is 25.0 Å². The van der Waals surface area contributed by atoms with E-state index in [4.69, 9.17) is 4.74 Å². The molecule has 1 N–H and O–H groups in total. The van der Waals surface area contributed by atoms with Gasteiger partial charge in [-0.25, -0.2) is 0 Å². The van der Waals surface area contributed by atoms with Gasteiger partial charge in [-0.3, -0.25) is 0 Å². The van der Waals surface area contributed by atoms with Crippen LogP contribution in [0.2, 0.25) is 0 Å². The van der Waals surface area contributed by atoms with Crippen LogP contribution in [0.3, 0.4) is 0 Å². The fourth-order valence-electron chi connectivity index (χ4n) is 2.02. The Morgan fingerprint density at radius 1 is 1.44 bits per heavy atom. The minimum Gasteiger partial charge on any atom is -0.493 e. The van der Waals surface area contributed by atoms with Gasteiger partial charge in [0.25, 0.3) is 0 Å². The number of benzene rings is 1. The molecule has 16 heavy (non-hydrogen) atoms. The fourth-order valence-corrected chi connectivity index (χ4v) is 2.57. The Kier molecular flexibility index (Phi) is 3.55. The van der Waals surface area contributed by atoms with E-state index >= 15 is 0 Å². The van der Waals surface area contributed by atoms with Crippen molar-refractivity contribution in [2.24, 2.45) is 5.92 Å². The first-order valence-electron chi connectivity index (χ1n) is 5.70. The van der Waals surface area contributed by atoms with Gasteiger partial charge >= 0.3 is 0 Å². The molecule has 2 rings (SSSR count). The van der Waals surface area contributed by atoms with Crippen molar-refractivity contribution in [1.29, 1.82) is 0 Å². The Bertz CT molecular complexity index is 388. The Labute approximate surface area is 105 Å². The smallest absolute Gasteiger partial charge is 0.125 e. The lowest BCUT2D eigenvalue weighted by atomic mass is 9.95. The van der Waals surface area contributed by atoms with Gasteiger partial charge in [-0.1, -0.05) is 22.9 Å². The Morgan fingerprint density at radius 2 is 2.19 bits per heavy atom. The SMILES string of the molecule is CC(O)C(C)Cc1cc(Br)cc2c1OCC2. The minimum absolute atomic E-state index is 0.252. The third-order valence-electron chi connectivity index (χ3n) is 3.19. The van der Waals surface area contributed by atoms with E-state index < -0.39 is 0 Å². The molecular weight excluding hydrogens is 268 g/mol. The fraction of sp³-hybridized carbons (Fsp3) is 0.538. The second-order valence-electron chi connectivity index (χ2n) is 4.57. The third-order valence-corrected chi connectivity index (χ3v) is 3.65. The van der Waals surface area contributed by atoms with Gasteiger partial charge in [-0.2, -0.15) is 0 Å². The van der Waals surface area contributed by atoms with Crippen molar-refractivity contribution in [3.63, 3.8) is 0 Å². The standard InChI is InChI=1S/C13H17BrO2/c1-8(9(2)15)5-11-7-12(14)6-10-3-4-16-13(10)11/h6-9,15H,3-5H2,1-2H3. The molecule has 0 saturated carbocycles. The molecule has 1 aromatic carbocycles. The van der Waals surface area contributed by atoms with Crippen LogP contribution in [0, 0.1) is 5.92 Å². The molecule has 0 saturated heterocycles. The predicted molar refractivity (Wildman–Crippen MR) is 67.9 cm³/mol. The first kappa shape index (κ1) is 11.9. The maximum Gasteiger partial charge on any atom is 0.125 e. The molecule has 2 nitrogen and oxygen atoms in total. The summed E-state index contributed by atoms with van der Waals surface area (Å²) in [5, 5.41) is 9.55. The summed E-state index contributed by atoms with van der Waals surface area (Å²) in [7, 11) is 0. The van der Waals surface area contributed by atoms with Crippen LogP contribution < -0.4 is 4.74 Å². The maximum atomic E-state index is 9.55. The van der Waals surface area contributed by atoms with E-state index in [1.54, 1.807) is 0 Å². The molecule has 0 spiro atoms. The summed E-state index contributed by atoms with van der Waals surface area (Å²) >= 11 is 3.52. The molecule has 2 atom stereocenters. The normalized spacial score (nSPS) is 17.8. The van der Waals surface area contributed by atoms with E-state index in [2.05, 4.69) is 35.0 Å². The summed E-state index contributed by atoms with van der Waals surface area (Å²) in [5.41, 5.74) is 2.48. The molecule has 0 aliphatic carbocycles. The lowest BCUT2D eigenvalue weighted by Gasteiger charge is -2.16. The summed E-state index contributed by atoms with van der Waals surface area (Å²) in [6.07, 6.45) is 1.57. The average Bonchev–Trinajstić information content (AvgIpc) is 2.65. The molecular formula is C13H17BrO2. The molecule has 88 valence electrons. The number of halogens is 1. The minimum atomic E-state index is -0.281. The van der Waals surface area contributed by atoms with Gasteiger partial charge in [0.2, 0.25) is 0 Å². The lowest BCUT2D eigenvalue weighted by molar-refractivity contribution is 0.134. The highest BCUT2D eigenvalue weighted by atomic mass is 79.9. The molecule has 1 aliphatic heterocycles. The highest BCUT2D eigenvalue weighted by Crippen LogP contribution is 2.34. The topological polar surface area (TPSA) is 29.5 Å². The van der Waals surface area contributed by atoms with E-state index in [1.807, 2.05) is 6.92 Å². The molecule has 0 bridgehead atoms. The van der Waals surface area contributed by atoms with Crippen molar-refractivity contribution in [3.05, 3.63) is 27.7 Å². The van der Waals surface area contributed by atoms with Gasteiger partial charge in [-0.05, 0) is 42.5 Å². The van der Waals surface area contributed by atoms with Crippen LogP contribution in [-0.2, 0) is 12.8 Å². The van der Waals surface area contributed by atoms with Crippen molar-refractivity contribution in [3.8, 4) is 5.75 Å². The monoisotopic (exact) mass is 284 g/mol. The van der Waals surface area contributed by atoms with Crippen molar-refractivity contribution in [1.82, 2.24) is 0 Å². The second-order valence-corrected chi connectivity index (χ2v) is 5.49. The summed E-state index contributed by atoms with van der Waals surface area (Å²) in [6.45, 7) is 4.68. The zero-order valence-electron chi connectivity index (χ0n) is 9.66. The molecule has 0 radical (unpaired) electrons. The third kappa shape index (κ3) is 2.41. The summed E-state index contributed by atoms with van der Waals surface area (Å²) in [5.74, 6) is 1.29. The van der Waals surface area contributed by atoms with E-state index in [0.29, 0.717) is 0 Å². The Morgan fingerprint density at radius 3 is 2.88 bits per heavy atom. The summed E-state index contributed by atoms with van der Waals surface area (Å²) in [4.78, 5) is 0. The number of hydrogen-bond donors (Lipinski definition) is 1. The number of ether oxygens (including phenoxy) is 1. The van der Waals surface area contributed by atoms with Gasteiger partial charge in [0, 0.05) is 10.9 Å². The molecule has 2 unspecified atom stereocenters. The number of aliphatic hydroxyl groups excluding tert-OH is 1. The summed E-state index contributed by atoms with van der Waals surface area (Å²) in [6, 6.07) is 4.22. The number of hydrogen-bond acceptors (Lipinski definition) is 2. The van der Waals surface area contributed by atoms with Crippen molar-refractivity contribution in [2.75, 3.05) is 6.61 Å². The summed E-state index contributed by atoms with van der Waals surface area (Å²) < 4.78 is 6.76. The van der Waals surface area contributed by atoms with Crippen molar-refractivity contribution in [2.45, 2.75) is 32.8 Å². The molecule has 3 heteroatoms. The van der Waals surface area contributed by atoms with Crippen LogP contribution >= 0.6 is 15.9 Å². The van der Waals surface area contributed by atoms with Gasteiger partial charge in [0.15, 0.2) is 0 Å². The number of rotatable bonds is 3. The lowest BCUT2D eigenvalue weighted by Crippen LogP contribution is -2.15. The van der Waals surface area contributed by atoms with E-state index in [1.165, 1.54) is 11.1 Å². The van der Waals surface area contributed by atoms with Gasteiger partial charge in [-0.15, -0.1) is 0 Å². The van der Waals surface area contributed by atoms with Crippen LogP contribution in [0.15, 0.2) is 16.6 Å². The molecule has 1 heterocycles. The Hall–Kier alpha value is -0.540. The quantitative estimate of drug-likeness (QED) is 0.925. The zero-order valence-corrected chi connectivity index (χ0v) is 11.3. The number of aliphatic hydroxyl groups is 1. The van der Waals surface area contributed by atoms with Gasteiger partial charge < -0.3 is 9.84 Å². The van der Waals surface area contributed by atoms with E-state index in [9.17, 15) is 5.11 Å². The van der Waals surface area contributed by atoms with Crippen LogP contribution in [0.5, 0.6) is 5.75 Å². The average molecular weight is 285 g/mol. The van der Waals surface area contributed by atoms with Crippen LogP contribution in [-0.4, -0.2) is 17.8 Å².